The van der Waals surface area contributed by atoms with Crippen LogP contribution in [0.5, 0.6) is 0 Å². The lowest BCUT2D eigenvalue weighted by molar-refractivity contribution is -0.139. The molecule has 2 saturated heterocycles. The Kier molecular flexibility index (Phi) is 13.2. The van der Waals surface area contributed by atoms with Gasteiger partial charge in [0.2, 0.25) is 0 Å². The number of aliphatic hydroxyl groups is 4. The molecule has 0 aliphatic carbocycles. The van der Waals surface area contributed by atoms with Gasteiger partial charge in [-0.25, -0.2) is 29.9 Å². The van der Waals surface area contributed by atoms with E-state index >= 15 is 0 Å². The number of fused-ring (bicyclic) bond motifs is 2. The van der Waals surface area contributed by atoms with Crippen LogP contribution in [0, 0.1) is 0 Å². The lowest BCUT2D eigenvalue weighted by Crippen LogP contribution is -2.37. The minimum atomic E-state index is -1.17. The first kappa shape index (κ1) is 40.2. The second kappa shape index (κ2) is 17.4. The van der Waals surface area contributed by atoms with Crippen LogP contribution in [0.25, 0.3) is 22.3 Å². The van der Waals surface area contributed by atoms with Gasteiger partial charge in [-0.1, -0.05) is 0 Å². The number of carbonyl (C=O) groups is 2. The molecular formula is C29H43N12O10S2+. The number of rotatable bonds is 14. The Balaban J connectivity index is 0.000000204. The molecule has 2 aliphatic heterocycles. The van der Waals surface area contributed by atoms with E-state index in [0.29, 0.717) is 58.2 Å². The van der Waals surface area contributed by atoms with Gasteiger partial charge in [0.15, 0.2) is 35.4 Å². The Morgan fingerprint density at radius 3 is 1.75 bits per heavy atom. The number of nitrogen functional groups attached to an aromatic ring is 2. The first-order valence-corrected chi connectivity index (χ1v) is 19.3. The molecule has 4 aromatic heterocycles. The fraction of sp³-hybridized carbons (Fsp3) is 0.586. The normalized spacial score (nSPS) is 27.4. The number of aliphatic hydroxyl groups excluding tert-OH is 4. The molecule has 0 saturated carbocycles. The van der Waals surface area contributed by atoms with Gasteiger partial charge in [-0.2, -0.15) is 11.8 Å². The molecule has 0 aromatic carbocycles. The van der Waals surface area contributed by atoms with Crippen molar-refractivity contribution in [3.8, 4) is 0 Å². The van der Waals surface area contributed by atoms with Gasteiger partial charge < -0.3 is 63.0 Å². The summed E-state index contributed by atoms with van der Waals surface area (Å²) in [5, 5.41) is 59.0. The number of carboxylic acid groups (broad SMARTS) is 2. The van der Waals surface area contributed by atoms with Crippen molar-refractivity contribution < 1.29 is 49.7 Å². The van der Waals surface area contributed by atoms with E-state index in [4.69, 9.17) is 42.6 Å². The van der Waals surface area contributed by atoms with Gasteiger partial charge in [-0.3, -0.25) is 18.7 Å². The van der Waals surface area contributed by atoms with Crippen LogP contribution in [0.4, 0.5) is 11.6 Å². The van der Waals surface area contributed by atoms with Crippen LogP contribution in [0.2, 0.25) is 0 Å². The summed E-state index contributed by atoms with van der Waals surface area (Å²) in [6.07, 6.45) is 0.562. The van der Waals surface area contributed by atoms with Gasteiger partial charge in [0, 0.05) is 12.2 Å². The quantitative estimate of drug-likeness (QED) is 0.0441. The molecule has 22 nitrogen and oxygen atoms in total. The number of hydrogen-bond acceptors (Lipinski definition) is 19. The molecule has 4 aromatic rings. The molecule has 11 unspecified atom stereocenters. The van der Waals surface area contributed by atoms with Gasteiger partial charge in [0.1, 0.15) is 77.8 Å². The molecule has 2 aliphatic rings. The summed E-state index contributed by atoms with van der Waals surface area (Å²) in [6, 6.07) is -1.83. The number of imidazole rings is 2. The Labute approximate surface area is 308 Å². The highest BCUT2D eigenvalue weighted by Gasteiger charge is 2.47. The van der Waals surface area contributed by atoms with Crippen molar-refractivity contribution in [2.24, 2.45) is 11.5 Å². The molecule has 6 rings (SSSR count). The van der Waals surface area contributed by atoms with Crippen LogP contribution in [0.1, 0.15) is 25.3 Å². The molecule has 0 bridgehead atoms. The summed E-state index contributed by atoms with van der Waals surface area (Å²) in [5.74, 6) is 0.295. The molecule has 24 heteroatoms. The number of nitrogens with two attached hydrogens (primary N) is 4. The molecule has 0 spiro atoms. The second-order valence-corrected chi connectivity index (χ2v) is 15.9. The summed E-state index contributed by atoms with van der Waals surface area (Å²) >= 11 is 1.40. The van der Waals surface area contributed by atoms with Gasteiger partial charge in [-0.15, -0.1) is 0 Å². The Bertz CT molecular complexity index is 1870. The summed E-state index contributed by atoms with van der Waals surface area (Å²) in [4.78, 5) is 45.7. The fourth-order valence-corrected chi connectivity index (χ4v) is 8.41. The van der Waals surface area contributed by atoms with E-state index in [9.17, 15) is 30.0 Å². The molecule has 0 amide bonds. The van der Waals surface area contributed by atoms with Crippen molar-refractivity contribution in [1.29, 1.82) is 0 Å². The first-order chi connectivity index (χ1) is 25.2. The zero-order valence-corrected chi connectivity index (χ0v) is 30.0. The van der Waals surface area contributed by atoms with Gasteiger partial charge in [0.25, 0.3) is 0 Å². The highest BCUT2D eigenvalue weighted by molar-refractivity contribution is 7.99. The topological polar surface area (TPSA) is 365 Å². The van der Waals surface area contributed by atoms with Crippen molar-refractivity contribution >= 4 is 68.6 Å². The number of hydrogen-bond donors (Lipinski definition) is 10. The SMILES string of the molecule is C[S+](CCC(N)C(=O)O)CC1OC(n2cnc3c(N)ncnc32)C(O)C1O.Nc1ncnc2c1ncn2C1OC(CSCCC(N)C(=O)O)C(O)C1O. The number of aliphatic carboxylic acids is 2. The maximum atomic E-state index is 10.8. The lowest BCUT2D eigenvalue weighted by atomic mass is 10.1. The van der Waals surface area contributed by atoms with Crippen LogP contribution in [-0.2, 0) is 30.0 Å². The average molecular weight is 784 g/mol. The molecule has 53 heavy (non-hydrogen) atoms. The van der Waals surface area contributed by atoms with E-state index in [1.165, 1.54) is 46.2 Å². The minimum absolute atomic E-state index is 0.212. The van der Waals surface area contributed by atoms with E-state index in [1.54, 1.807) is 0 Å². The third kappa shape index (κ3) is 9.05. The van der Waals surface area contributed by atoms with Crippen molar-refractivity contribution in [1.82, 2.24) is 39.0 Å². The van der Waals surface area contributed by atoms with Crippen LogP contribution in [0.3, 0.4) is 0 Å². The van der Waals surface area contributed by atoms with E-state index in [1.807, 2.05) is 6.26 Å². The van der Waals surface area contributed by atoms with Crippen molar-refractivity contribution in [3.05, 3.63) is 25.3 Å². The predicted molar refractivity (Wildman–Crippen MR) is 192 cm³/mol. The summed E-state index contributed by atoms with van der Waals surface area (Å²) in [7, 11) is -0.235. The van der Waals surface area contributed by atoms with Crippen LogP contribution in [0.15, 0.2) is 25.3 Å². The maximum Gasteiger partial charge on any atom is 0.320 e. The van der Waals surface area contributed by atoms with Gasteiger partial charge in [-0.05, 0) is 23.1 Å². The number of anilines is 2. The largest absolute Gasteiger partial charge is 0.480 e. The van der Waals surface area contributed by atoms with E-state index in [-0.39, 0.29) is 22.5 Å². The lowest BCUT2D eigenvalue weighted by Gasteiger charge is -2.16. The zero-order chi connectivity index (χ0) is 38.6. The number of thioether (sulfide) groups is 1. The molecular weight excluding hydrogens is 741 g/mol. The van der Waals surface area contributed by atoms with E-state index in [2.05, 4.69) is 29.9 Å². The highest BCUT2D eigenvalue weighted by atomic mass is 32.2. The Morgan fingerprint density at radius 2 is 1.25 bits per heavy atom. The Hall–Kier alpha value is -3.98. The van der Waals surface area contributed by atoms with Crippen molar-refractivity contribution in [3.63, 3.8) is 0 Å². The van der Waals surface area contributed by atoms with Gasteiger partial charge >= 0.3 is 11.9 Å². The monoisotopic (exact) mass is 783 g/mol. The van der Waals surface area contributed by atoms with Crippen molar-refractivity contribution in [2.45, 2.75) is 74.0 Å². The zero-order valence-electron chi connectivity index (χ0n) is 28.3. The first-order valence-electron chi connectivity index (χ1n) is 16.2. The fourth-order valence-electron chi connectivity index (χ4n) is 5.65. The van der Waals surface area contributed by atoms with E-state index in [0.717, 1.165) is 0 Å². The average Bonchev–Trinajstić information content (AvgIpc) is 3.89. The van der Waals surface area contributed by atoms with Gasteiger partial charge in [0.05, 0.1) is 25.0 Å². The van der Waals surface area contributed by atoms with Crippen LogP contribution in [-0.4, -0.2) is 160 Å². The maximum absolute atomic E-state index is 10.8. The van der Waals surface area contributed by atoms with E-state index < -0.39 is 73.1 Å². The minimum Gasteiger partial charge on any atom is -0.480 e. The van der Waals surface area contributed by atoms with Crippen LogP contribution >= 0.6 is 11.8 Å². The molecule has 290 valence electrons. The van der Waals surface area contributed by atoms with Crippen molar-refractivity contribution in [2.75, 3.05) is 40.7 Å². The molecule has 0 radical (unpaired) electrons. The predicted octanol–water partition coefficient (Wildman–Crippen LogP) is -3.36. The number of carboxylic acids is 2. The smallest absolute Gasteiger partial charge is 0.320 e. The third-order valence-corrected chi connectivity index (χ3v) is 11.6. The summed E-state index contributed by atoms with van der Waals surface area (Å²) in [6.45, 7) is 0. The third-order valence-electron chi connectivity index (χ3n) is 8.71. The van der Waals surface area contributed by atoms with Crippen LogP contribution < -0.4 is 22.9 Å². The number of nitrogens with zero attached hydrogens (tertiary/aromatic N) is 8. The molecule has 11 atom stereocenters. The molecule has 2 fully saturated rings. The Morgan fingerprint density at radius 1 is 0.774 bits per heavy atom. The standard InChI is InChI=1S/C15H22N6O5S.C14H20N6O5S/c1-27(3-2-7(16)15(24)25)4-8-10(22)11(23)14(26-8)21-6-20-9-12(17)18-5-19-13(9)21;15-6(14(23)24)1-2-26-3-7-9(21)10(22)13(25-7)20-5-19-8-11(16)17-4-18-12(8)20/h5-8,10-11,14,22-23H,2-4,16H2,1H3,(H2-,17,18,19,24,25);4-7,9-10,13,21-22H,1-3,15H2,(H,23,24)(H2,16,17,18)/p+1. The summed E-state index contributed by atoms with van der Waals surface area (Å²) in [5.41, 5.74) is 24.1. The highest BCUT2D eigenvalue weighted by Crippen LogP contribution is 2.34. The summed E-state index contributed by atoms with van der Waals surface area (Å²) < 4.78 is 14.7. The number of ether oxygens (including phenoxy) is 2. The second-order valence-electron chi connectivity index (χ2n) is 12.5. The molecule has 14 N–H and O–H groups in total. The molecule has 6 heterocycles. The number of aromatic nitrogens is 8.